The Morgan fingerprint density at radius 3 is 2.53 bits per heavy atom. The van der Waals surface area contributed by atoms with E-state index in [1.807, 2.05) is 0 Å². The molecule has 1 saturated heterocycles. The average Bonchev–Trinajstić information content (AvgIpc) is 2.21. The zero-order valence-corrected chi connectivity index (χ0v) is 8.99. The fourth-order valence-corrected chi connectivity index (χ4v) is 1.64. The van der Waals surface area contributed by atoms with Gasteiger partial charge < -0.3 is 30.2 Å². The van der Waals surface area contributed by atoms with Crippen LogP contribution in [0.15, 0.2) is 0 Å². The van der Waals surface area contributed by atoms with Crippen LogP contribution in [0.1, 0.15) is 13.3 Å². The normalized spacial score (nSPS) is 37.2. The van der Waals surface area contributed by atoms with Crippen LogP contribution in [0.4, 0.5) is 0 Å². The van der Waals surface area contributed by atoms with Gasteiger partial charge in [0.05, 0.1) is 12.1 Å². The standard InChI is InChI=1S/C9H13NO7/c1-4(12)10-7-5(13)2-9(16,8(14)15)17-6(7)3-11/h3,5-7,13,16H,2H2,1H3,(H,10,12)(H,14,15)/t5-,6-,7+,9?/m0/s1. The van der Waals surface area contributed by atoms with Crippen LogP contribution in [0.25, 0.3) is 0 Å². The number of hydrogen-bond donors (Lipinski definition) is 4. The molecule has 0 saturated carbocycles. The predicted octanol–water partition coefficient (Wildman–Crippen LogP) is -2.39. The SMILES string of the molecule is CC(=O)N[C@H]1[C@H](C=O)OC(O)(C(=O)O)C[C@@H]1O. The lowest BCUT2D eigenvalue weighted by molar-refractivity contribution is -0.269. The van der Waals surface area contributed by atoms with Crippen molar-refractivity contribution >= 4 is 18.2 Å². The van der Waals surface area contributed by atoms with E-state index in [1.165, 1.54) is 6.92 Å². The van der Waals surface area contributed by atoms with Gasteiger partial charge in [-0.2, -0.15) is 0 Å². The van der Waals surface area contributed by atoms with E-state index in [0.29, 0.717) is 0 Å². The number of amides is 1. The Hall–Kier alpha value is -1.51. The molecule has 1 aliphatic heterocycles. The Labute approximate surface area is 96.2 Å². The summed E-state index contributed by atoms with van der Waals surface area (Å²) in [5.41, 5.74) is 0. The molecule has 1 heterocycles. The van der Waals surface area contributed by atoms with Crippen LogP contribution in [-0.4, -0.2) is 57.5 Å². The number of carboxylic acids is 1. The topological polar surface area (TPSA) is 133 Å². The van der Waals surface area contributed by atoms with Crippen molar-refractivity contribution in [3.05, 3.63) is 0 Å². The number of ether oxygens (including phenoxy) is 1. The molecule has 96 valence electrons. The Morgan fingerprint density at radius 2 is 2.12 bits per heavy atom. The lowest BCUT2D eigenvalue weighted by atomic mass is 9.93. The van der Waals surface area contributed by atoms with Crippen LogP contribution in [0, 0.1) is 0 Å². The highest BCUT2D eigenvalue weighted by Gasteiger charge is 2.51. The Bertz CT molecular complexity index is 344. The quantitative estimate of drug-likeness (QED) is 0.409. The summed E-state index contributed by atoms with van der Waals surface area (Å²) in [6.07, 6.45) is -3.25. The second-order valence-electron chi connectivity index (χ2n) is 3.81. The second-order valence-corrected chi connectivity index (χ2v) is 3.81. The number of hydrogen-bond acceptors (Lipinski definition) is 6. The van der Waals surface area contributed by atoms with Crippen molar-refractivity contribution in [2.45, 2.75) is 37.4 Å². The smallest absolute Gasteiger partial charge is 0.364 e. The summed E-state index contributed by atoms with van der Waals surface area (Å²) in [6.45, 7) is 1.17. The first-order chi connectivity index (χ1) is 7.80. The van der Waals surface area contributed by atoms with Gasteiger partial charge in [-0.25, -0.2) is 4.79 Å². The maximum absolute atomic E-state index is 10.8. The lowest BCUT2D eigenvalue weighted by Gasteiger charge is -2.40. The summed E-state index contributed by atoms with van der Waals surface area (Å²) >= 11 is 0. The number of nitrogens with one attached hydrogen (secondary N) is 1. The molecule has 8 nitrogen and oxygen atoms in total. The van der Waals surface area contributed by atoms with Crippen molar-refractivity contribution in [2.24, 2.45) is 0 Å². The molecule has 0 aromatic rings. The van der Waals surface area contributed by atoms with Crippen LogP contribution >= 0.6 is 0 Å². The van der Waals surface area contributed by atoms with Crippen LogP contribution in [0.3, 0.4) is 0 Å². The molecule has 17 heavy (non-hydrogen) atoms. The fourth-order valence-electron chi connectivity index (χ4n) is 1.64. The largest absolute Gasteiger partial charge is 0.477 e. The minimum atomic E-state index is -2.63. The highest BCUT2D eigenvalue weighted by molar-refractivity contribution is 5.77. The monoisotopic (exact) mass is 247 g/mol. The summed E-state index contributed by atoms with van der Waals surface area (Å²) in [6, 6.07) is -1.08. The molecular weight excluding hydrogens is 234 g/mol. The van der Waals surface area contributed by atoms with Crippen LogP contribution in [-0.2, 0) is 19.1 Å². The predicted molar refractivity (Wildman–Crippen MR) is 51.8 cm³/mol. The van der Waals surface area contributed by atoms with Crippen molar-refractivity contribution in [3.63, 3.8) is 0 Å². The number of aliphatic hydroxyl groups excluding tert-OH is 1. The van der Waals surface area contributed by atoms with E-state index in [9.17, 15) is 24.6 Å². The van der Waals surface area contributed by atoms with Crippen molar-refractivity contribution in [1.29, 1.82) is 0 Å². The molecule has 1 aliphatic rings. The molecule has 0 aromatic heterocycles. The highest BCUT2D eigenvalue weighted by Crippen LogP contribution is 2.27. The van der Waals surface area contributed by atoms with E-state index in [2.05, 4.69) is 10.1 Å². The van der Waals surface area contributed by atoms with Gasteiger partial charge in [0.25, 0.3) is 5.79 Å². The van der Waals surface area contributed by atoms with Gasteiger partial charge in [-0.05, 0) is 0 Å². The first kappa shape index (κ1) is 13.6. The van der Waals surface area contributed by atoms with Crippen LogP contribution in [0.2, 0.25) is 0 Å². The first-order valence-corrected chi connectivity index (χ1v) is 4.84. The molecule has 0 aliphatic carbocycles. The molecule has 8 heteroatoms. The zero-order valence-electron chi connectivity index (χ0n) is 8.99. The Kier molecular flexibility index (Phi) is 3.81. The maximum atomic E-state index is 10.8. The van der Waals surface area contributed by atoms with Gasteiger partial charge in [-0.3, -0.25) is 4.79 Å². The Balaban J connectivity index is 2.90. The van der Waals surface area contributed by atoms with Gasteiger partial charge in [0.1, 0.15) is 6.10 Å². The molecule has 1 unspecified atom stereocenters. The number of aldehydes is 1. The molecule has 1 amide bonds. The lowest BCUT2D eigenvalue weighted by Crippen LogP contribution is -2.63. The maximum Gasteiger partial charge on any atom is 0.364 e. The molecule has 1 rings (SSSR count). The van der Waals surface area contributed by atoms with Crippen molar-refractivity contribution in [1.82, 2.24) is 5.32 Å². The molecule has 0 spiro atoms. The Morgan fingerprint density at radius 1 is 1.53 bits per heavy atom. The van der Waals surface area contributed by atoms with Crippen molar-refractivity contribution in [2.75, 3.05) is 0 Å². The summed E-state index contributed by atoms with van der Waals surface area (Å²) < 4.78 is 4.68. The van der Waals surface area contributed by atoms with E-state index in [-0.39, 0.29) is 6.29 Å². The van der Waals surface area contributed by atoms with Gasteiger partial charge in [-0.15, -0.1) is 0 Å². The average molecular weight is 247 g/mol. The second kappa shape index (κ2) is 4.78. The van der Waals surface area contributed by atoms with Gasteiger partial charge in [0.15, 0.2) is 6.29 Å². The number of carbonyl (C=O) groups is 3. The van der Waals surface area contributed by atoms with Gasteiger partial charge >= 0.3 is 5.97 Å². The van der Waals surface area contributed by atoms with Crippen molar-refractivity contribution < 1.29 is 34.4 Å². The fraction of sp³-hybridized carbons (Fsp3) is 0.667. The van der Waals surface area contributed by atoms with E-state index >= 15 is 0 Å². The summed E-state index contributed by atoms with van der Waals surface area (Å²) in [4.78, 5) is 32.3. The van der Waals surface area contributed by atoms with E-state index in [1.54, 1.807) is 0 Å². The molecular formula is C9H13NO7. The molecule has 0 bridgehead atoms. The van der Waals surface area contributed by atoms with Gasteiger partial charge in [0, 0.05) is 13.3 Å². The molecule has 1 fully saturated rings. The number of carbonyl (C=O) groups excluding carboxylic acids is 2. The summed E-state index contributed by atoms with van der Waals surface area (Å²) in [7, 11) is 0. The number of rotatable bonds is 3. The zero-order chi connectivity index (χ0) is 13.2. The number of aliphatic hydroxyl groups is 2. The molecule has 0 aromatic carbocycles. The third kappa shape index (κ3) is 2.78. The summed E-state index contributed by atoms with van der Waals surface area (Å²) in [5, 5.41) is 30.1. The summed E-state index contributed by atoms with van der Waals surface area (Å²) in [5.74, 6) is -4.84. The van der Waals surface area contributed by atoms with Gasteiger partial charge in [0.2, 0.25) is 5.91 Å². The first-order valence-electron chi connectivity index (χ1n) is 4.84. The van der Waals surface area contributed by atoms with E-state index < -0.39 is 42.3 Å². The highest BCUT2D eigenvalue weighted by atomic mass is 16.7. The third-order valence-electron chi connectivity index (χ3n) is 2.42. The van der Waals surface area contributed by atoms with E-state index in [0.717, 1.165) is 0 Å². The number of carboxylic acid groups (broad SMARTS) is 1. The molecule has 4 N–H and O–H groups in total. The van der Waals surface area contributed by atoms with Crippen molar-refractivity contribution in [3.8, 4) is 0 Å². The van der Waals surface area contributed by atoms with Crippen LogP contribution < -0.4 is 5.32 Å². The number of aliphatic carboxylic acids is 1. The molecule has 0 radical (unpaired) electrons. The minimum Gasteiger partial charge on any atom is -0.477 e. The van der Waals surface area contributed by atoms with Gasteiger partial charge in [-0.1, -0.05) is 0 Å². The third-order valence-corrected chi connectivity index (χ3v) is 2.42. The minimum absolute atomic E-state index is 0.219. The molecule has 4 atom stereocenters. The van der Waals surface area contributed by atoms with Crippen LogP contribution in [0.5, 0.6) is 0 Å². The van der Waals surface area contributed by atoms with E-state index in [4.69, 9.17) is 5.11 Å².